The number of rotatable bonds is 2. The number of hydrogen-bond donors (Lipinski definition) is 1. The number of fused-ring (bicyclic) bond motifs is 4. The van der Waals surface area contributed by atoms with E-state index >= 15 is 0 Å². The van der Waals surface area contributed by atoms with Crippen molar-refractivity contribution < 1.29 is 4.79 Å². The standard InChI is InChI=1S/C24H18ClN3O2/c1-14-7-9-17-19(11-14)26-22-20(12-15-5-3-2-4-6-15)27-23(29)18-13-16(25)8-10-21(18)28(22)24(17)30/h2-11,13,20H,12H2,1H3,(H,27,29). The van der Waals surface area contributed by atoms with Crippen LogP contribution in [0, 0.1) is 6.92 Å². The van der Waals surface area contributed by atoms with E-state index in [9.17, 15) is 9.59 Å². The fourth-order valence-electron chi connectivity index (χ4n) is 3.96. The minimum Gasteiger partial charge on any atom is -0.342 e. The highest BCUT2D eigenvalue weighted by Gasteiger charge is 2.30. The lowest BCUT2D eigenvalue weighted by atomic mass is 10.0. The van der Waals surface area contributed by atoms with E-state index in [4.69, 9.17) is 16.6 Å². The topological polar surface area (TPSA) is 64.0 Å². The van der Waals surface area contributed by atoms with Gasteiger partial charge in [-0.3, -0.25) is 14.2 Å². The number of benzene rings is 3. The van der Waals surface area contributed by atoms with E-state index < -0.39 is 6.04 Å². The Kier molecular flexibility index (Phi) is 4.40. The molecule has 1 atom stereocenters. The van der Waals surface area contributed by atoms with Crippen molar-refractivity contribution in [2.24, 2.45) is 0 Å². The van der Waals surface area contributed by atoms with E-state index in [0.29, 0.717) is 39.4 Å². The van der Waals surface area contributed by atoms with Gasteiger partial charge in [-0.05, 0) is 54.8 Å². The first-order valence-corrected chi connectivity index (χ1v) is 10.1. The molecule has 1 aliphatic heterocycles. The molecule has 3 aromatic carbocycles. The Morgan fingerprint density at radius 1 is 1.03 bits per heavy atom. The molecule has 4 aromatic rings. The van der Waals surface area contributed by atoms with E-state index in [2.05, 4.69) is 5.32 Å². The molecule has 1 unspecified atom stereocenters. The van der Waals surface area contributed by atoms with E-state index in [1.807, 2.05) is 49.4 Å². The zero-order chi connectivity index (χ0) is 20.8. The van der Waals surface area contributed by atoms with Crippen molar-refractivity contribution >= 4 is 28.4 Å². The molecule has 1 aliphatic rings. The lowest BCUT2D eigenvalue weighted by molar-refractivity contribution is 0.0938. The SMILES string of the molecule is Cc1ccc2c(=O)n3c(nc2c1)C(Cc1ccccc1)NC(=O)c1cc(Cl)ccc1-3. The number of nitrogens with zero attached hydrogens (tertiary/aromatic N) is 2. The Balaban J connectivity index is 1.82. The lowest BCUT2D eigenvalue weighted by Gasteiger charge is -2.19. The van der Waals surface area contributed by atoms with Crippen molar-refractivity contribution in [3.63, 3.8) is 0 Å². The monoisotopic (exact) mass is 415 g/mol. The first-order valence-electron chi connectivity index (χ1n) is 9.69. The van der Waals surface area contributed by atoms with Crippen LogP contribution < -0.4 is 10.9 Å². The molecule has 0 bridgehead atoms. The largest absolute Gasteiger partial charge is 0.342 e. The number of carbonyl (C=O) groups is 1. The highest BCUT2D eigenvalue weighted by atomic mass is 35.5. The van der Waals surface area contributed by atoms with Gasteiger partial charge in [-0.1, -0.05) is 48.0 Å². The molecule has 1 N–H and O–H groups in total. The molecule has 5 nitrogen and oxygen atoms in total. The molecule has 0 fully saturated rings. The van der Waals surface area contributed by atoms with Crippen molar-refractivity contribution in [2.45, 2.75) is 19.4 Å². The Labute approximate surface area is 178 Å². The van der Waals surface area contributed by atoms with Gasteiger partial charge in [0.1, 0.15) is 5.82 Å². The summed E-state index contributed by atoms with van der Waals surface area (Å²) < 4.78 is 1.55. The summed E-state index contributed by atoms with van der Waals surface area (Å²) in [5, 5.41) is 4.00. The third kappa shape index (κ3) is 3.08. The van der Waals surface area contributed by atoms with Gasteiger partial charge in [-0.25, -0.2) is 4.98 Å². The Morgan fingerprint density at radius 2 is 1.83 bits per heavy atom. The van der Waals surface area contributed by atoms with Gasteiger partial charge in [-0.2, -0.15) is 0 Å². The number of aromatic nitrogens is 2. The number of halogens is 1. The van der Waals surface area contributed by atoms with Crippen molar-refractivity contribution in [3.8, 4) is 5.69 Å². The number of hydrogen-bond acceptors (Lipinski definition) is 3. The predicted octanol–water partition coefficient (Wildman–Crippen LogP) is 4.37. The third-order valence-electron chi connectivity index (χ3n) is 5.39. The normalized spacial score (nSPS) is 15.3. The van der Waals surface area contributed by atoms with Gasteiger partial charge < -0.3 is 5.32 Å². The summed E-state index contributed by atoms with van der Waals surface area (Å²) in [6, 6.07) is 19.9. The summed E-state index contributed by atoms with van der Waals surface area (Å²) >= 11 is 6.16. The summed E-state index contributed by atoms with van der Waals surface area (Å²) in [7, 11) is 0. The molecular formula is C24H18ClN3O2. The Hall–Kier alpha value is -3.44. The van der Waals surface area contributed by atoms with E-state index in [0.717, 1.165) is 11.1 Å². The molecule has 30 heavy (non-hydrogen) atoms. The summed E-state index contributed by atoms with van der Waals surface area (Å²) in [6.07, 6.45) is 0.512. The smallest absolute Gasteiger partial charge is 0.266 e. The van der Waals surface area contributed by atoms with Crippen LogP contribution in [0.15, 0.2) is 71.5 Å². The Morgan fingerprint density at radius 3 is 2.63 bits per heavy atom. The Bertz CT molecular complexity index is 1360. The fraction of sp³-hybridized carbons (Fsp3) is 0.125. The highest BCUT2D eigenvalue weighted by molar-refractivity contribution is 6.31. The lowest BCUT2D eigenvalue weighted by Crippen LogP contribution is -2.31. The molecule has 1 aromatic heterocycles. The molecule has 2 heterocycles. The van der Waals surface area contributed by atoms with Gasteiger partial charge in [0.15, 0.2) is 0 Å². The van der Waals surface area contributed by atoms with Crippen molar-refractivity contribution in [1.82, 2.24) is 14.9 Å². The molecular weight excluding hydrogens is 398 g/mol. The zero-order valence-electron chi connectivity index (χ0n) is 16.2. The van der Waals surface area contributed by atoms with Gasteiger partial charge in [0.2, 0.25) is 0 Å². The predicted molar refractivity (Wildman–Crippen MR) is 117 cm³/mol. The molecule has 0 saturated carbocycles. The number of nitrogens with one attached hydrogen (secondary N) is 1. The van der Waals surface area contributed by atoms with Crippen LogP contribution in [0.4, 0.5) is 0 Å². The fourth-order valence-corrected chi connectivity index (χ4v) is 4.13. The molecule has 0 radical (unpaired) electrons. The summed E-state index contributed by atoms with van der Waals surface area (Å²) in [5.41, 5.74) is 3.32. The van der Waals surface area contributed by atoms with E-state index in [1.54, 1.807) is 28.8 Å². The van der Waals surface area contributed by atoms with Gasteiger partial charge in [0, 0.05) is 5.02 Å². The number of aryl methyl sites for hydroxylation is 1. The average Bonchev–Trinajstić information content (AvgIpc) is 2.84. The van der Waals surface area contributed by atoms with Crippen molar-refractivity contribution in [3.05, 3.63) is 105 Å². The molecule has 0 spiro atoms. The second kappa shape index (κ2) is 7.11. The van der Waals surface area contributed by atoms with Gasteiger partial charge in [0.25, 0.3) is 11.5 Å². The van der Waals surface area contributed by atoms with Crippen molar-refractivity contribution in [1.29, 1.82) is 0 Å². The van der Waals surface area contributed by atoms with Gasteiger partial charge in [0.05, 0.1) is 28.2 Å². The van der Waals surface area contributed by atoms with Crippen LogP contribution >= 0.6 is 11.6 Å². The highest BCUT2D eigenvalue weighted by Crippen LogP contribution is 2.28. The first kappa shape index (κ1) is 18.6. The van der Waals surface area contributed by atoms with E-state index in [-0.39, 0.29) is 11.5 Å². The average molecular weight is 416 g/mol. The second-order valence-corrected chi connectivity index (χ2v) is 7.94. The molecule has 0 saturated heterocycles. The maximum absolute atomic E-state index is 13.5. The molecule has 6 heteroatoms. The van der Waals surface area contributed by atoms with Crippen LogP contribution in [-0.2, 0) is 6.42 Å². The van der Waals surface area contributed by atoms with Crippen LogP contribution in [0.5, 0.6) is 0 Å². The maximum Gasteiger partial charge on any atom is 0.266 e. The number of carbonyl (C=O) groups excluding carboxylic acids is 1. The third-order valence-corrected chi connectivity index (χ3v) is 5.63. The maximum atomic E-state index is 13.5. The first-order chi connectivity index (χ1) is 14.5. The minimum absolute atomic E-state index is 0.201. The molecule has 1 amide bonds. The van der Waals surface area contributed by atoms with Gasteiger partial charge >= 0.3 is 0 Å². The zero-order valence-corrected chi connectivity index (χ0v) is 17.0. The van der Waals surface area contributed by atoms with Gasteiger partial charge in [-0.15, -0.1) is 0 Å². The summed E-state index contributed by atoms with van der Waals surface area (Å²) in [5.74, 6) is 0.231. The summed E-state index contributed by atoms with van der Waals surface area (Å²) in [4.78, 5) is 31.5. The molecule has 148 valence electrons. The van der Waals surface area contributed by atoms with Crippen LogP contribution in [0.2, 0.25) is 5.02 Å². The quantitative estimate of drug-likeness (QED) is 0.528. The van der Waals surface area contributed by atoms with Crippen LogP contribution in [0.25, 0.3) is 16.6 Å². The molecule has 0 aliphatic carbocycles. The van der Waals surface area contributed by atoms with Crippen molar-refractivity contribution in [2.75, 3.05) is 0 Å². The second-order valence-electron chi connectivity index (χ2n) is 7.51. The minimum atomic E-state index is -0.469. The number of amides is 1. The van der Waals surface area contributed by atoms with Crippen LogP contribution in [-0.4, -0.2) is 15.5 Å². The van der Waals surface area contributed by atoms with Crippen LogP contribution in [0.1, 0.15) is 33.4 Å². The van der Waals surface area contributed by atoms with E-state index in [1.165, 1.54) is 0 Å². The molecule has 5 rings (SSSR count). The van der Waals surface area contributed by atoms with Crippen LogP contribution in [0.3, 0.4) is 0 Å². The summed E-state index contributed by atoms with van der Waals surface area (Å²) in [6.45, 7) is 1.96.